The van der Waals surface area contributed by atoms with Crippen LogP contribution in [0.1, 0.15) is 35.8 Å². The van der Waals surface area contributed by atoms with E-state index >= 15 is 0 Å². The number of piperidine rings is 1. The van der Waals surface area contributed by atoms with Gasteiger partial charge in [-0.25, -0.2) is 9.78 Å². The van der Waals surface area contributed by atoms with Crippen molar-refractivity contribution >= 4 is 29.4 Å². The number of esters is 1. The predicted octanol–water partition coefficient (Wildman–Crippen LogP) is 1.59. The van der Waals surface area contributed by atoms with Crippen LogP contribution in [0, 0.1) is 12.8 Å². The summed E-state index contributed by atoms with van der Waals surface area (Å²) in [6.07, 6.45) is 2.94. The van der Waals surface area contributed by atoms with Crippen LogP contribution < -0.4 is 10.6 Å². The van der Waals surface area contributed by atoms with Gasteiger partial charge in [-0.2, -0.15) is 5.10 Å². The van der Waals surface area contributed by atoms with E-state index in [-0.39, 0.29) is 36.4 Å². The summed E-state index contributed by atoms with van der Waals surface area (Å²) in [5.41, 5.74) is 1.04. The third-order valence-electron chi connectivity index (χ3n) is 5.08. The highest BCUT2D eigenvalue weighted by Gasteiger charge is 2.28. The van der Waals surface area contributed by atoms with Crippen LogP contribution in [-0.2, 0) is 21.4 Å². The van der Waals surface area contributed by atoms with E-state index in [0.717, 1.165) is 25.1 Å². The van der Waals surface area contributed by atoms with E-state index in [1.807, 2.05) is 24.0 Å². The van der Waals surface area contributed by atoms with Crippen molar-refractivity contribution in [1.82, 2.24) is 19.7 Å². The van der Waals surface area contributed by atoms with Crippen molar-refractivity contribution in [2.24, 2.45) is 13.0 Å². The molecule has 10 heteroatoms. The summed E-state index contributed by atoms with van der Waals surface area (Å²) in [5, 5.41) is 9.64. The maximum atomic E-state index is 12.7. The van der Waals surface area contributed by atoms with Gasteiger partial charge in [0.25, 0.3) is 0 Å². The average Bonchev–Trinajstić information content (AvgIpc) is 3.08. The molecule has 10 nitrogen and oxygen atoms in total. The highest BCUT2D eigenvalue weighted by molar-refractivity contribution is 6.00. The average molecular weight is 428 g/mol. The lowest BCUT2D eigenvalue weighted by atomic mass is 9.97. The quantitative estimate of drug-likeness (QED) is 0.643. The minimum Gasteiger partial charge on any atom is -0.462 e. The summed E-state index contributed by atoms with van der Waals surface area (Å²) in [7, 11) is 1.64. The fourth-order valence-corrected chi connectivity index (χ4v) is 3.57. The van der Waals surface area contributed by atoms with Crippen molar-refractivity contribution in [3.05, 3.63) is 35.7 Å². The third kappa shape index (κ3) is 5.88. The van der Waals surface area contributed by atoms with Gasteiger partial charge in [0.15, 0.2) is 0 Å². The Morgan fingerprint density at radius 3 is 2.81 bits per heavy atom. The summed E-state index contributed by atoms with van der Waals surface area (Å²) < 4.78 is 6.43. The van der Waals surface area contributed by atoms with Crippen LogP contribution in [0.2, 0.25) is 0 Å². The molecule has 1 saturated heterocycles. The number of nitrogens with one attached hydrogen (secondary N) is 2. The zero-order valence-corrected chi connectivity index (χ0v) is 18.1. The Kier molecular flexibility index (Phi) is 7.35. The molecule has 0 radical (unpaired) electrons. The van der Waals surface area contributed by atoms with Gasteiger partial charge in [0.2, 0.25) is 11.8 Å². The first-order chi connectivity index (χ1) is 14.9. The van der Waals surface area contributed by atoms with Gasteiger partial charge in [0.05, 0.1) is 25.3 Å². The standard InChI is InChI=1S/C21H28N6O4/c1-4-31-21(30)16-11-22-26(3)19(16)25-18(28)13-27-10-6-8-15(12-27)20(29)24-17-9-5-7-14(2)23-17/h5,7,9,11,15H,4,6,8,10,12-13H2,1-3H3,(H,25,28)(H,23,24,29). The first-order valence-electron chi connectivity index (χ1n) is 10.3. The van der Waals surface area contributed by atoms with Crippen molar-refractivity contribution in [1.29, 1.82) is 0 Å². The van der Waals surface area contributed by atoms with Gasteiger partial charge in [-0.15, -0.1) is 0 Å². The zero-order chi connectivity index (χ0) is 22.4. The van der Waals surface area contributed by atoms with Crippen LogP contribution in [0.15, 0.2) is 24.4 Å². The molecule has 0 spiro atoms. The molecule has 3 heterocycles. The molecule has 31 heavy (non-hydrogen) atoms. The van der Waals surface area contributed by atoms with Gasteiger partial charge in [-0.05, 0) is 45.4 Å². The number of nitrogens with zero attached hydrogens (tertiary/aromatic N) is 4. The number of carbonyl (C=O) groups is 3. The number of aryl methyl sites for hydroxylation is 2. The molecule has 1 fully saturated rings. The first-order valence-corrected chi connectivity index (χ1v) is 10.3. The van der Waals surface area contributed by atoms with Gasteiger partial charge in [0.1, 0.15) is 17.2 Å². The molecular formula is C21H28N6O4. The number of rotatable bonds is 7. The Morgan fingerprint density at radius 1 is 1.26 bits per heavy atom. The minimum atomic E-state index is -0.537. The van der Waals surface area contributed by atoms with Gasteiger partial charge < -0.3 is 15.4 Å². The summed E-state index contributed by atoms with van der Waals surface area (Å²) in [4.78, 5) is 43.6. The van der Waals surface area contributed by atoms with Crippen LogP contribution in [0.25, 0.3) is 0 Å². The molecule has 2 amide bonds. The summed E-state index contributed by atoms with van der Waals surface area (Å²) in [6, 6.07) is 5.47. The second-order valence-electron chi connectivity index (χ2n) is 7.53. The van der Waals surface area contributed by atoms with Crippen molar-refractivity contribution in [3.8, 4) is 0 Å². The number of likely N-dealkylation sites (tertiary alicyclic amines) is 1. The normalized spacial score (nSPS) is 16.5. The van der Waals surface area contributed by atoms with E-state index in [9.17, 15) is 14.4 Å². The van der Waals surface area contributed by atoms with E-state index in [2.05, 4.69) is 20.7 Å². The Morgan fingerprint density at radius 2 is 2.06 bits per heavy atom. The molecule has 1 aliphatic heterocycles. The fourth-order valence-electron chi connectivity index (χ4n) is 3.57. The van der Waals surface area contributed by atoms with Gasteiger partial charge in [-0.3, -0.25) is 19.2 Å². The van der Waals surface area contributed by atoms with Crippen molar-refractivity contribution < 1.29 is 19.1 Å². The molecule has 0 saturated carbocycles. The summed E-state index contributed by atoms with van der Waals surface area (Å²) >= 11 is 0. The maximum absolute atomic E-state index is 12.7. The number of aromatic nitrogens is 3. The second-order valence-corrected chi connectivity index (χ2v) is 7.53. The Bertz CT molecular complexity index is 957. The SMILES string of the molecule is CCOC(=O)c1cnn(C)c1NC(=O)CN1CCCC(C(=O)Nc2cccc(C)n2)C1. The van der Waals surface area contributed by atoms with Crippen molar-refractivity contribution in [2.75, 3.05) is 36.9 Å². The summed E-state index contributed by atoms with van der Waals surface area (Å²) in [5.74, 6) is -0.320. The highest BCUT2D eigenvalue weighted by Crippen LogP contribution is 2.19. The molecule has 0 aromatic carbocycles. The van der Waals surface area contributed by atoms with E-state index < -0.39 is 5.97 Å². The Labute approximate surface area is 181 Å². The van der Waals surface area contributed by atoms with E-state index in [4.69, 9.17) is 4.74 Å². The number of carbonyl (C=O) groups excluding carboxylic acids is 3. The number of anilines is 2. The van der Waals surface area contributed by atoms with E-state index in [1.54, 1.807) is 20.0 Å². The molecule has 1 unspecified atom stereocenters. The number of pyridine rings is 1. The molecule has 2 aromatic rings. The summed E-state index contributed by atoms with van der Waals surface area (Å²) in [6.45, 7) is 5.12. The molecular weight excluding hydrogens is 400 g/mol. The lowest BCUT2D eigenvalue weighted by Gasteiger charge is -2.31. The number of amides is 2. The molecule has 2 aromatic heterocycles. The van der Waals surface area contributed by atoms with Gasteiger partial charge >= 0.3 is 5.97 Å². The van der Waals surface area contributed by atoms with Crippen LogP contribution in [-0.4, -0.2) is 63.7 Å². The fraction of sp³-hybridized carbons (Fsp3) is 0.476. The largest absolute Gasteiger partial charge is 0.462 e. The molecule has 1 atom stereocenters. The monoisotopic (exact) mass is 428 g/mol. The Hall–Kier alpha value is -3.27. The number of ether oxygens (including phenoxy) is 1. The minimum absolute atomic E-state index is 0.0977. The molecule has 2 N–H and O–H groups in total. The molecule has 0 bridgehead atoms. The van der Waals surface area contributed by atoms with E-state index in [1.165, 1.54) is 10.9 Å². The smallest absolute Gasteiger partial charge is 0.343 e. The third-order valence-corrected chi connectivity index (χ3v) is 5.08. The second kappa shape index (κ2) is 10.2. The lowest BCUT2D eigenvalue weighted by Crippen LogP contribution is -2.44. The molecule has 1 aliphatic rings. The predicted molar refractivity (Wildman–Crippen MR) is 115 cm³/mol. The number of hydrogen-bond acceptors (Lipinski definition) is 7. The van der Waals surface area contributed by atoms with Crippen molar-refractivity contribution in [2.45, 2.75) is 26.7 Å². The van der Waals surface area contributed by atoms with Gasteiger partial charge in [0, 0.05) is 19.3 Å². The van der Waals surface area contributed by atoms with Crippen molar-refractivity contribution in [3.63, 3.8) is 0 Å². The van der Waals surface area contributed by atoms with Crippen LogP contribution in [0.5, 0.6) is 0 Å². The van der Waals surface area contributed by atoms with Crippen LogP contribution in [0.3, 0.4) is 0 Å². The number of hydrogen-bond donors (Lipinski definition) is 2. The first kappa shape index (κ1) is 22.4. The van der Waals surface area contributed by atoms with E-state index in [0.29, 0.717) is 18.2 Å². The maximum Gasteiger partial charge on any atom is 0.343 e. The molecule has 3 rings (SSSR count). The van der Waals surface area contributed by atoms with Crippen LogP contribution >= 0.6 is 0 Å². The lowest BCUT2D eigenvalue weighted by molar-refractivity contribution is -0.123. The van der Waals surface area contributed by atoms with Gasteiger partial charge in [-0.1, -0.05) is 6.07 Å². The zero-order valence-electron chi connectivity index (χ0n) is 18.1. The van der Waals surface area contributed by atoms with Crippen LogP contribution in [0.4, 0.5) is 11.6 Å². The topological polar surface area (TPSA) is 118 Å². The highest BCUT2D eigenvalue weighted by atomic mass is 16.5. The molecule has 166 valence electrons. The molecule has 0 aliphatic carbocycles. The Balaban J connectivity index is 1.57.